The number of benzene rings is 2. The second kappa shape index (κ2) is 8.26. The number of nitrogens with zero attached hydrogens (tertiary/aromatic N) is 3. The molecule has 1 aliphatic rings. The maximum absolute atomic E-state index is 12.9. The van der Waals surface area contributed by atoms with Gasteiger partial charge in [-0.2, -0.15) is 0 Å². The van der Waals surface area contributed by atoms with E-state index in [4.69, 9.17) is 0 Å². The molecule has 0 saturated carbocycles. The summed E-state index contributed by atoms with van der Waals surface area (Å²) >= 11 is 0. The van der Waals surface area contributed by atoms with Gasteiger partial charge >= 0.3 is 0 Å². The number of fused-ring (bicyclic) bond motifs is 1. The van der Waals surface area contributed by atoms with Crippen molar-refractivity contribution in [3.8, 4) is 0 Å². The highest BCUT2D eigenvalue weighted by atomic mass is 16.2. The number of anilines is 1. The lowest BCUT2D eigenvalue weighted by Crippen LogP contribution is -2.32. The number of hydrogen-bond donors (Lipinski definition) is 0. The van der Waals surface area contributed by atoms with Crippen molar-refractivity contribution in [3.63, 3.8) is 0 Å². The molecule has 0 radical (unpaired) electrons. The number of amides is 1. The topological polar surface area (TPSA) is 36.4 Å². The van der Waals surface area contributed by atoms with Crippen molar-refractivity contribution in [2.24, 2.45) is 0 Å². The van der Waals surface area contributed by atoms with E-state index in [1.807, 2.05) is 60.5 Å². The van der Waals surface area contributed by atoms with E-state index in [9.17, 15) is 4.79 Å². The molecule has 0 unspecified atom stereocenters. The largest absolute Gasteiger partial charge is 0.366 e. The Labute approximate surface area is 166 Å². The molecule has 4 heteroatoms. The third-order valence-electron chi connectivity index (χ3n) is 5.35. The fraction of sp³-hybridized carbons (Fsp3) is 0.250. The summed E-state index contributed by atoms with van der Waals surface area (Å²) in [5.41, 5.74) is 5.49. The Balaban J connectivity index is 1.46. The monoisotopic (exact) mass is 371 g/mol. The Morgan fingerprint density at radius 2 is 1.75 bits per heavy atom. The van der Waals surface area contributed by atoms with Crippen molar-refractivity contribution >= 4 is 11.6 Å². The first-order valence-electron chi connectivity index (χ1n) is 9.85. The van der Waals surface area contributed by atoms with Crippen molar-refractivity contribution in [3.05, 3.63) is 95.3 Å². The van der Waals surface area contributed by atoms with E-state index in [2.05, 4.69) is 34.1 Å². The summed E-state index contributed by atoms with van der Waals surface area (Å²) in [6.07, 6.45) is 2.87. The van der Waals surface area contributed by atoms with Crippen LogP contribution in [0.2, 0.25) is 0 Å². The number of hydrogen-bond acceptors (Lipinski definition) is 3. The van der Waals surface area contributed by atoms with Crippen LogP contribution in [0.3, 0.4) is 0 Å². The van der Waals surface area contributed by atoms with Crippen LogP contribution in [0, 0.1) is 0 Å². The van der Waals surface area contributed by atoms with E-state index in [-0.39, 0.29) is 5.91 Å². The lowest BCUT2D eigenvalue weighted by Gasteiger charge is -2.30. The average Bonchev–Trinajstić information content (AvgIpc) is 2.77. The maximum Gasteiger partial charge on any atom is 0.272 e. The molecule has 0 fully saturated rings. The quantitative estimate of drug-likeness (QED) is 0.671. The van der Waals surface area contributed by atoms with Crippen LogP contribution < -0.4 is 4.90 Å². The Hall–Kier alpha value is -3.14. The third kappa shape index (κ3) is 3.91. The Morgan fingerprint density at radius 1 is 1.00 bits per heavy atom. The molecule has 1 aromatic heterocycles. The molecule has 3 aromatic rings. The summed E-state index contributed by atoms with van der Waals surface area (Å²) in [6, 6.07) is 22.5. The second-order valence-electron chi connectivity index (χ2n) is 7.15. The summed E-state index contributed by atoms with van der Waals surface area (Å²) in [7, 11) is 0. The van der Waals surface area contributed by atoms with Gasteiger partial charge in [0.2, 0.25) is 0 Å². The van der Waals surface area contributed by atoms with Crippen LogP contribution in [0.4, 0.5) is 5.69 Å². The Kier molecular flexibility index (Phi) is 5.38. The molecule has 0 spiro atoms. The van der Waals surface area contributed by atoms with Crippen LogP contribution in [-0.4, -0.2) is 28.9 Å². The van der Waals surface area contributed by atoms with Gasteiger partial charge < -0.3 is 9.80 Å². The molecule has 0 bridgehead atoms. The zero-order valence-corrected chi connectivity index (χ0v) is 16.2. The van der Waals surface area contributed by atoms with Gasteiger partial charge in [-0.3, -0.25) is 4.79 Å². The standard InChI is InChI=1S/C24H25N3O/c1-2-26(17-19-8-4-3-5-9-19)24(28)23-13-12-22(16-25-23)27-15-14-20-10-6-7-11-21(20)18-27/h3-13,16H,2,14-15,17-18H2,1H3. The third-order valence-corrected chi connectivity index (χ3v) is 5.35. The molecular formula is C24H25N3O. The second-order valence-corrected chi connectivity index (χ2v) is 7.15. The smallest absolute Gasteiger partial charge is 0.272 e. The summed E-state index contributed by atoms with van der Waals surface area (Å²) < 4.78 is 0. The zero-order valence-electron chi connectivity index (χ0n) is 16.2. The fourth-order valence-electron chi connectivity index (χ4n) is 3.71. The normalized spacial score (nSPS) is 13.1. The van der Waals surface area contributed by atoms with E-state index >= 15 is 0 Å². The minimum Gasteiger partial charge on any atom is -0.366 e. The molecular weight excluding hydrogens is 346 g/mol. The number of carbonyl (C=O) groups excluding carboxylic acids is 1. The first kappa shape index (κ1) is 18.2. The van der Waals surface area contributed by atoms with Gasteiger partial charge in [0.1, 0.15) is 5.69 Å². The van der Waals surface area contributed by atoms with Gasteiger partial charge in [-0.15, -0.1) is 0 Å². The highest BCUT2D eigenvalue weighted by Gasteiger charge is 2.19. The number of pyridine rings is 1. The maximum atomic E-state index is 12.9. The van der Waals surface area contributed by atoms with Gasteiger partial charge in [-0.1, -0.05) is 54.6 Å². The lowest BCUT2D eigenvalue weighted by atomic mass is 10.00. The van der Waals surface area contributed by atoms with Crippen molar-refractivity contribution < 1.29 is 4.79 Å². The Bertz CT molecular complexity index is 938. The van der Waals surface area contributed by atoms with Gasteiger partial charge in [0.25, 0.3) is 5.91 Å². The van der Waals surface area contributed by atoms with Gasteiger partial charge in [-0.05, 0) is 42.2 Å². The molecule has 0 N–H and O–H groups in total. The molecule has 142 valence electrons. The molecule has 0 aliphatic carbocycles. The molecule has 2 heterocycles. The molecule has 4 rings (SSSR count). The summed E-state index contributed by atoms with van der Waals surface area (Å²) in [4.78, 5) is 21.5. The van der Waals surface area contributed by atoms with Gasteiger partial charge in [-0.25, -0.2) is 4.98 Å². The van der Waals surface area contributed by atoms with Crippen molar-refractivity contribution in [1.82, 2.24) is 9.88 Å². The predicted octanol–water partition coefficient (Wildman–Crippen LogP) is 4.31. The highest BCUT2D eigenvalue weighted by Crippen LogP contribution is 2.24. The van der Waals surface area contributed by atoms with Crippen LogP contribution in [0.25, 0.3) is 0 Å². The molecule has 28 heavy (non-hydrogen) atoms. The fourth-order valence-corrected chi connectivity index (χ4v) is 3.71. The van der Waals surface area contributed by atoms with Gasteiger partial charge in [0.05, 0.1) is 11.9 Å². The van der Waals surface area contributed by atoms with Crippen molar-refractivity contribution in [2.45, 2.75) is 26.4 Å². The molecule has 2 aromatic carbocycles. The average molecular weight is 371 g/mol. The molecule has 1 aliphatic heterocycles. The van der Waals surface area contributed by atoms with Crippen molar-refractivity contribution in [2.75, 3.05) is 18.0 Å². The first-order valence-corrected chi connectivity index (χ1v) is 9.85. The summed E-state index contributed by atoms with van der Waals surface area (Å²) in [5.74, 6) is -0.0260. The van der Waals surface area contributed by atoms with E-state index in [0.717, 1.165) is 30.8 Å². The van der Waals surface area contributed by atoms with E-state index in [1.54, 1.807) is 0 Å². The highest BCUT2D eigenvalue weighted by molar-refractivity contribution is 5.92. The van der Waals surface area contributed by atoms with Crippen molar-refractivity contribution in [1.29, 1.82) is 0 Å². The van der Waals surface area contributed by atoms with Gasteiger partial charge in [0.15, 0.2) is 0 Å². The minimum absolute atomic E-state index is 0.0260. The first-order chi connectivity index (χ1) is 13.7. The zero-order chi connectivity index (χ0) is 19.3. The number of aromatic nitrogens is 1. The predicted molar refractivity (Wildman–Crippen MR) is 112 cm³/mol. The van der Waals surface area contributed by atoms with Crippen LogP contribution >= 0.6 is 0 Å². The SMILES string of the molecule is CCN(Cc1ccccc1)C(=O)c1ccc(N2CCc3ccccc3C2)cn1. The van der Waals surface area contributed by atoms with E-state index in [0.29, 0.717) is 18.8 Å². The van der Waals surface area contributed by atoms with E-state index in [1.165, 1.54) is 11.1 Å². The minimum atomic E-state index is -0.0260. The van der Waals surface area contributed by atoms with Crippen LogP contribution in [0.5, 0.6) is 0 Å². The number of carbonyl (C=O) groups is 1. The van der Waals surface area contributed by atoms with Crippen LogP contribution in [-0.2, 0) is 19.5 Å². The number of rotatable bonds is 5. The molecule has 0 atom stereocenters. The molecule has 4 nitrogen and oxygen atoms in total. The van der Waals surface area contributed by atoms with Crippen LogP contribution in [0.15, 0.2) is 72.9 Å². The lowest BCUT2D eigenvalue weighted by molar-refractivity contribution is 0.0746. The Morgan fingerprint density at radius 3 is 2.46 bits per heavy atom. The summed E-state index contributed by atoms with van der Waals surface area (Å²) in [6.45, 7) is 5.12. The van der Waals surface area contributed by atoms with Gasteiger partial charge in [0, 0.05) is 26.2 Å². The molecule has 1 amide bonds. The summed E-state index contributed by atoms with van der Waals surface area (Å²) in [5, 5.41) is 0. The van der Waals surface area contributed by atoms with Crippen LogP contribution in [0.1, 0.15) is 34.1 Å². The molecule has 0 saturated heterocycles. The van der Waals surface area contributed by atoms with E-state index < -0.39 is 0 Å².